The second-order valence-corrected chi connectivity index (χ2v) is 7.79. The van der Waals surface area contributed by atoms with E-state index in [1.54, 1.807) is 31.2 Å². The molecular weight excluding hydrogens is 422 g/mol. The molecule has 0 saturated heterocycles. The van der Waals surface area contributed by atoms with Crippen LogP contribution < -0.4 is 20.3 Å². The molecule has 0 unspecified atom stereocenters. The van der Waals surface area contributed by atoms with Crippen molar-refractivity contribution in [2.45, 2.75) is 18.4 Å². The number of hydrogen-bond acceptors (Lipinski definition) is 6. The Kier molecular flexibility index (Phi) is 7.82. The highest BCUT2D eigenvalue weighted by Gasteiger charge is 2.22. The Balaban J connectivity index is 2.18. The van der Waals surface area contributed by atoms with Crippen LogP contribution in [0.2, 0.25) is 5.02 Å². The fraction of sp³-hybridized carbons (Fsp3) is 0.222. The van der Waals surface area contributed by atoms with Crippen LogP contribution in [0.5, 0.6) is 5.75 Å². The molecule has 0 atom stereocenters. The van der Waals surface area contributed by atoms with E-state index in [2.05, 4.69) is 20.3 Å². The predicted molar refractivity (Wildman–Crippen MR) is 106 cm³/mol. The Hall–Kier alpha value is -2.82. The number of rotatable bonds is 7. The van der Waals surface area contributed by atoms with Gasteiger partial charge in [0.1, 0.15) is 10.6 Å². The molecule has 9 nitrogen and oxygen atoms in total. The first-order chi connectivity index (χ1) is 13.8. The summed E-state index contributed by atoms with van der Waals surface area (Å²) in [4.78, 5) is 23.2. The van der Waals surface area contributed by atoms with Gasteiger partial charge in [-0.2, -0.15) is 0 Å². The standard InChI is InChI=1S/C18H20ClN3O6S/c1-3-28-18(24)22-21-17(23)13-6-9-15(27-2)16(10-13)29(25,26)20-11-12-4-7-14(19)8-5-12/h4-10,20H,3,11H2,1-2H3,(H,21,23)(H,22,24). The van der Waals surface area contributed by atoms with Crippen molar-refractivity contribution in [3.63, 3.8) is 0 Å². The van der Waals surface area contributed by atoms with Gasteiger partial charge in [-0.3, -0.25) is 10.2 Å². The molecule has 0 spiro atoms. The maximum atomic E-state index is 12.7. The summed E-state index contributed by atoms with van der Waals surface area (Å²) in [7, 11) is -2.69. The summed E-state index contributed by atoms with van der Waals surface area (Å²) in [5.41, 5.74) is 4.88. The second-order valence-electron chi connectivity index (χ2n) is 5.62. The summed E-state index contributed by atoms with van der Waals surface area (Å²) in [6.45, 7) is 1.76. The van der Waals surface area contributed by atoms with Gasteiger partial charge in [0.05, 0.1) is 13.7 Å². The van der Waals surface area contributed by atoms with Crippen LogP contribution >= 0.6 is 11.6 Å². The average molecular weight is 442 g/mol. The third kappa shape index (κ3) is 6.34. The van der Waals surface area contributed by atoms with Gasteiger partial charge in [-0.25, -0.2) is 23.4 Å². The van der Waals surface area contributed by atoms with Crippen molar-refractivity contribution in [3.8, 4) is 5.75 Å². The lowest BCUT2D eigenvalue weighted by Gasteiger charge is -2.13. The fourth-order valence-electron chi connectivity index (χ4n) is 2.23. The Labute approximate surface area is 173 Å². The molecule has 0 aliphatic rings. The number of ether oxygens (including phenoxy) is 2. The minimum Gasteiger partial charge on any atom is -0.495 e. The fourth-order valence-corrected chi connectivity index (χ4v) is 3.57. The van der Waals surface area contributed by atoms with Crippen molar-refractivity contribution in [3.05, 3.63) is 58.6 Å². The molecule has 0 aromatic heterocycles. The van der Waals surface area contributed by atoms with Crippen LogP contribution in [0, 0.1) is 0 Å². The smallest absolute Gasteiger partial charge is 0.426 e. The van der Waals surface area contributed by atoms with Crippen LogP contribution in [0.25, 0.3) is 0 Å². The second kappa shape index (κ2) is 10.1. The minimum atomic E-state index is -4.01. The molecule has 29 heavy (non-hydrogen) atoms. The first-order valence-corrected chi connectivity index (χ1v) is 10.3. The number of hydrogen-bond donors (Lipinski definition) is 3. The number of hydrazine groups is 1. The summed E-state index contributed by atoms with van der Waals surface area (Å²) in [5, 5.41) is 0.536. The quantitative estimate of drug-likeness (QED) is 0.566. The van der Waals surface area contributed by atoms with Crippen molar-refractivity contribution in [2.24, 2.45) is 0 Å². The lowest BCUT2D eigenvalue weighted by molar-refractivity contribution is 0.0912. The van der Waals surface area contributed by atoms with Crippen molar-refractivity contribution in [2.75, 3.05) is 13.7 Å². The van der Waals surface area contributed by atoms with Crippen molar-refractivity contribution in [1.29, 1.82) is 0 Å². The van der Waals surface area contributed by atoms with E-state index >= 15 is 0 Å². The lowest BCUT2D eigenvalue weighted by atomic mass is 10.2. The van der Waals surface area contributed by atoms with E-state index in [0.29, 0.717) is 10.6 Å². The maximum absolute atomic E-state index is 12.7. The van der Waals surface area contributed by atoms with Crippen LogP contribution in [0.4, 0.5) is 4.79 Å². The summed E-state index contributed by atoms with van der Waals surface area (Å²) >= 11 is 5.82. The van der Waals surface area contributed by atoms with Crippen LogP contribution in [0.3, 0.4) is 0 Å². The molecule has 3 N–H and O–H groups in total. The van der Waals surface area contributed by atoms with Gasteiger partial charge in [0, 0.05) is 17.1 Å². The molecule has 2 aromatic carbocycles. The molecule has 0 fully saturated rings. The van der Waals surface area contributed by atoms with E-state index in [1.165, 1.54) is 19.2 Å². The molecule has 0 radical (unpaired) electrons. The van der Waals surface area contributed by atoms with Gasteiger partial charge in [-0.15, -0.1) is 0 Å². The lowest BCUT2D eigenvalue weighted by Crippen LogP contribution is -2.42. The molecule has 156 valence electrons. The van der Waals surface area contributed by atoms with Gasteiger partial charge >= 0.3 is 6.09 Å². The van der Waals surface area contributed by atoms with Gasteiger partial charge in [0.15, 0.2) is 0 Å². The van der Waals surface area contributed by atoms with Gasteiger partial charge in [-0.05, 0) is 42.8 Å². The van der Waals surface area contributed by atoms with E-state index in [0.717, 1.165) is 6.07 Å². The molecule has 2 rings (SSSR count). The molecule has 0 bridgehead atoms. The molecule has 2 amide bonds. The molecule has 0 aliphatic carbocycles. The maximum Gasteiger partial charge on any atom is 0.426 e. The number of methoxy groups -OCH3 is 1. The molecule has 0 saturated carbocycles. The summed E-state index contributed by atoms with van der Waals surface area (Å²) < 4.78 is 37.7. The molecule has 0 heterocycles. The Morgan fingerprint density at radius 3 is 2.38 bits per heavy atom. The SMILES string of the molecule is CCOC(=O)NNC(=O)c1ccc(OC)c(S(=O)(=O)NCc2ccc(Cl)cc2)c1. The number of carbonyl (C=O) groups is 2. The molecule has 11 heteroatoms. The first-order valence-electron chi connectivity index (χ1n) is 8.42. The largest absolute Gasteiger partial charge is 0.495 e. The zero-order valence-electron chi connectivity index (χ0n) is 15.7. The zero-order valence-corrected chi connectivity index (χ0v) is 17.3. The highest BCUT2D eigenvalue weighted by atomic mass is 35.5. The third-order valence-corrected chi connectivity index (χ3v) is 5.32. The highest BCUT2D eigenvalue weighted by Crippen LogP contribution is 2.25. The Bertz CT molecular complexity index is 980. The zero-order chi connectivity index (χ0) is 21.4. The number of nitrogens with one attached hydrogen (secondary N) is 3. The van der Waals surface area contributed by atoms with Gasteiger partial charge in [-0.1, -0.05) is 23.7 Å². The number of benzene rings is 2. The highest BCUT2D eigenvalue weighted by molar-refractivity contribution is 7.89. The van der Waals surface area contributed by atoms with E-state index in [-0.39, 0.29) is 29.4 Å². The van der Waals surface area contributed by atoms with Gasteiger partial charge < -0.3 is 9.47 Å². The van der Waals surface area contributed by atoms with Gasteiger partial charge in [0.2, 0.25) is 10.0 Å². The topological polar surface area (TPSA) is 123 Å². The van der Waals surface area contributed by atoms with Crippen molar-refractivity contribution >= 4 is 33.6 Å². The average Bonchev–Trinajstić information content (AvgIpc) is 2.71. The predicted octanol–water partition coefficient (Wildman–Crippen LogP) is 2.22. The summed E-state index contributed by atoms with van der Waals surface area (Å²) in [5.74, 6) is -0.668. The van der Waals surface area contributed by atoms with E-state index in [9.17, 15) is 18.0 Å². The number of amides is 2. The summed E-state index contributed by atoms with van der Waals surface area (Å²) in [6, 6.07) is 10.5. The van der Waals surface area contributed by atoms with Crippen molar-refractivity contribution in [1.82, 2.24) is 15.6 Å². The van der Waals surface area contributed by atoms with E-state index in [4.69, 9.17) is 16.3 Å². The van der Waals surface area contributed by atoms with E-state index < -0.39 is 22.0 Å². The molecule has 2 aromatic rings. The third-order valence-electron chi connectivity index (χ3n) is 3.65. The minimum absolute atomic E-state index is 0.00512. The number of sulfonamides is 1. The van der Waals surface area contributed by atoms with Crippen LogP contribution in [-0.4, -0.2) is 34.1 Å². The molecule has 0 aliphatic heterocycles. The van der Waals surface area contributed by atoms with E-state index in [1.807, 2.05) is 0 Å². The normalized spacial score (nSPS) is 10.9. The van der Waals surface area contributed by atoms with Crippen LogP contribution in [0.15, 0.2) is 47.4 Å². The Morgan fingerprint density at radius 2 is 1.76 bits per heavy atom. The first kappa shape index (κ1) is 22.5. The van der Waals surface area contributed by atoms with Gasteiger partial charge in [0.25, 0.3) is 5.91 Å². The Morgan fingerprint density at radius 1 is 1.07 bits per heavy atom. The monoisotopic (exact) mass is 441 g/mol. The summed E-state index contributed by atoms with van der Waals surface area (Å²) in [6.07, 6.45) is -0.841. The molecular formula is C18H20ClN3O6S. The number of halogens is 1. The van der Waals surface area contributed by atoms with Crippen molar-refractivity contribution < 1.29 is 27.5 Å². The van der Waals surface area contributed by atoms with Crippen LogP contribution in [0.1, 0.15) is 22.8 Å². The van der Waals surface area contributed by atoms with Crippen LogP contribution in [-0.2, 0) is 21.3 Å². The number of carbonyl (C=O) groups excluding carboxylic acids is 2.